The predicted molar refractivity (Wildman–Crippen MR) is 77.3 cm³/mol. The summed E-state index contributed by atoms with van der Waals surface area (Å²) in [6, 6.07) is -1.04. The Morgan fingerprint density at radius 1 is 1.14 bits per heavy atom. The molecule has 1 fully saturated rings. The molecule has 0 radical (unpaired) electrons. The van der Waals surface area contributed by atoms with E-state index in [9.17, 15) is 14.7 Å². The maximum Gasteiger partial charge on any atom is 0.323 e. The third-order valence-electron chi connectivity index (χ3n) is 3.79. The quantitative estimate of drug-likeness (QED) is 0.751. The average Bonchev–Trinajstić information content (AvgIpc) is 2.38. The molecule has 0 aromatic rings. The van der Waals surface area contributed by atoms with E-state index in [1.165, 1.54) is 7.11 Å². The number of carbonyl (C=O) groups excluding carboxylic acids is 2. The number of hydrogen-bond donors (Lipinski definition) is 2. The molecule has 0 saturated heterocycles. The zero-order valence-electron chi connectivity index (χ0n) is 13.3. The smallest absolute Gasteiger partial charge is 0.323 e. The minimum atomic E-state index is -1.04. The first-order valence-electron chi connectivity index (χ1n) is 7.40. The number of methoxy groups -OCH3 is 1. The van der Waals surface area contributed by atoms with Crippen molar-refractivity contribution in [2.75, 3.05) is 7.11 Å². The highest BCUT2D eigenvalue weighted by molar-refractivity contribution is 5.84. The van der Waals surface area contributed by atoms with Gasteiger partial charge in [0.05, 0.1) is 19.1 Å². The van der Waals surface area contributed by atoms with Crippen LogP contribution < -0.4 is 5.73 Å². The first-order chi connectivity index (χ1) is 9.65. The summed E-state index contributed by atoms with van der Waals surface area (Å²) < 4.78 is 10.1. The molecule has 1 aliphatic carbocycles. The molecular weight excluding hydrogens is 274 g/mol. The molecule has 2 atom stereocenters. The van der Waals surface area contributed by atoms with Crippen molar-refractivity contribution in [1.82, 2.24) is 0 Å². The van der Waals surface area contributed by atoms with Gasteiger partial charge in [0, 0.05) is 0 Å². The summed E-state index contributed by atoms with van der Waals surface area (Å²) in [6.45, 7) is 5.32. The van der Waals surface area contributed by atoms with Crippen molar-refractivity contribution in [3.8, 4) is 0 Å². The number of rotatable bonds is 4. The van der Waals surface area contributed by atoms with Gasteiger partial charge in [-0.15, -0.1) is 0 Å². The van der Waals surface area contributed by atoms with Crippen LogP contribution in [0.15, 0.2) is 0 Å². The van der Waals surface area contributed by atoms with Crippen LogP contribution in [-0.2, 0) is 19.1 Å². The van der Waals surface area contributed by atoms with E-state index >= 15 is 0 Å². The van der Waals surface area contributed by atoms with Gasteiger partial charge in [-0.3, -0.25) is 9.59 Å². The fourth-order valence-corrected chi connectivity index (χ4v) is 2.75. The molecule has 0 spiro atoms. The van der Waals surface area contributed by atoms with Crippen molar-refractivity contribution in [3.63, 3.8) is 0 Å². The van der Waals surface area contributed by atoms with Crippen molar-refractivity contribution in [2.24, 2.45) is 17.6 Å². The number of aliphatic hydroxyl groups is 1. The average molecular weight is 301 g/mol. The van der Waals surface area contributed by atoms with Gasteiger partial charge in [0.15, 0.2) is 0 Å². The summed E-state index contributed by atoms with van der Waals surface area (Å²) >= 11 is 0. The van der Waals surface area contributed by atoms with Gasteiger partial charge in [-0.25, -0.2) is 0 Å². The van der Waals surface area contributed by atoms with Gasteiger partial charge in [0.2, 0.25) is 0 Å². The highest BCUT2D eigenvalue weighted by Crippen LogP contribution is 2.33. The maximum atomic E-state index is 12.4. The summed E-state index contributed by atoms with van der Waals surface area (Å²) in [6.07, 6.45) is 2.18. The Kier molecular flexibility index (Phi) is 6.16. The molecule has 0 bridgehead atoms. The van der Waals surface area contributed by atoms with E-state index in [-0.39, 0.29) is 12.0 Å². The molecule has 2 unspecified atom stereocenters. The molecule has 0 aliphatic heterocycles. The molecule has 3 N–H and O–H groups in total. The minimum absolute atomic E-state index is 0.0719. The van der Waals surface area contributed by atoms with Crippen LogP contribution in [-0.4, -0.2) is 41.9 Å². The molecule has 0 aromatic heterocycles. The lowest BCUT2D eigenvalue weighted by molar-refractivity contribution is -0.167. The van der Waals surface area contributed by atoms with Crippen LogP contribution in [0.1, 0.15) is 46.5 Å². The van der Waals surface area contributed by atoms with Gasteiger partial charge < -0.3 is 20.3 Å². The van der Waals surface area contributed by atoms with E-state index in [1.807, 2.05) is 0 Å². The Bertz CT molecular complexity index is 369. The Balaban J connectivity index is 2.89. The number of aliphatic hydroxyl groups excluding tert-OH is 1. The van der Waals surface area contributed by atoms with Crippen molar-refractivity contribution < 1.29 is 24.2 Å². The lowest BCUT2D eigenvalue weighted by atomic mass is 9.76. The molecule has 122 valence electrons. The second-order valence-electron chi connectivity index (χ2n) is 6.68. The standard InChI is InChI=1S/C15H27NO5/c1-15(2,3)21-13(18)11(12(16)14(19)20-4)9-5-7-10(17)8-6-9/h9-12,17H,5-8,16H2,1-4H3. The van der Waals surface area contributed by atoms with E-state index in [1.54, 1.807) is 20.8 Å². The molecule has 0 aromatic carbocycles. The van der Waals surface area contributed by atoms with E-state index in [0.717, 1.165) is 0 Å². The topological polar surface area (TPSA) is 98.9 Å². The minimum Gasteiger partial charge on any atom is -0.468 e. The van der Waals surface area contributed by atoms with Gasteiger partial charge in [-0.05, 0) is 52.4 Å². The van der Waals surface area contributed by atoms with Gasteiger partial charge in [0.25, 0.3) is 0 Å². The fourth-order valence-electron chi connectivity index (χ4n) is 2.75. The second kappa shape index (κ2) is 7.22. The number of esters is 2. The molecule has 1 saturated carbocycles. The van der Waals surface area contributed by atoms with Crippen LogP contribution in [0.3, 0.4) is 0 Å². The van der Waals surface area contributed by atoms with Crippen molar-refractivity contribution in [2.45, 2.75) is 64.2 Å². The van der Waals surface area contributed by atoms with Gasteiger partial charge in [0.1, 0.15) is 11.6 Å². The molecule has 0 heterocycles. The van der Waals surface area contributed by atoms with Crippen LogP contribution in [0.25, 0.3) is 0 Å². The third kappa shape index (κ3) is 5.28. The SMILES string of the molecule is COC(=O)C(N)C(C(=O)OC(C)(C)C)C1CCC(O)CC1. The van der Waals surface area contributed by atoms with Crippen LogP contribution in [0, 0.1) is 11.8 Å². The van der Waals surface area contributed by atoms with Crippen LogP contribution >= 0.6 is 0 Å². The Morgan fingerprint density at radius 2 is 1.67 bits per heavy atom. The molecule has 1 rings (SSSR count). The van der Waals surface area contributed by atoms with Crippen LogP contribution in [0.5, 0.6) is 0 Å². The molecule has 6 nitrogen and oxygen atoms in total. The second-order valence-corrected chi connectivity index (χ2v) is 6.68. The first-order valence-corrected chi connectivity index (χ1v) is 7.40. The molecule has 1 aliphatic rings. The number of carbonyl (C=O) groups is 2. The normalized spacial score (nSPS) is 25.8. The molecule has 0 amide bonds. The monoisotopic (exact) mass is 301 g/mol. The molecule has 21 heavy (non-hydrogen) atoms. The molecule has 6 heteroatoms. The summed E-state index contributed by atoms with van der Waals surface area (Å²) in [5.41, 5.74) is 5.28. The summed E-state index contributed by atoms with van der Waals surface area (Å²) in [5, 5.41) is 9.59. The summed E-state index contributed by atoms with van der Waals surface area (Å²) in [7, 11) is 1.25. The van der Waals surface area contributed by atoms with E-state index in [2.05, 4.69) is 4.74 Å². The lowest BCUT2D eigenvalue weighted by Gasteiger charge is -2.34. The Hall–Kier alpha value is -1.14. The van der Waals surface area contributed by atoms with Crippen molar-refractivity contribution in [3.05, 3.63) is 0 Å². The molecular formula is C15H27NO5. The number of ether oxygens (including phenoxy) is 2. The van der Waals surface area contributed by atoms with Gasteiger partial charge in [-0.1, -0.05) is 0 Å². The zero-order valence-corrected chi connectivity index (χ0v) is 13.3. The Labute approximate surface area is 126 Å². The van der Waals surface area contributed by atoms with Crippen LogP contribution in [0.4, 0.5) is 0 Å². The highest BCUT2D eigenvalue weighted by Gasteiger charge is 2.41. The first kappa shape index (κ1) is 17.9. The van der Waals surface area contributed by atoms with Crippen molar-refractivity contribution >= 4 is 11.9 Å². The maximum absolute atomic E-state index is 12.4. The van der Waals surface area contributed by atoms with E-state index in [4.69, 9.17) is 10.5 Å². The van der Waals surface area contributed by atoms with Crippen molar-refractivity contribution in [1.29, 1.82) is 0 Å². The largest absolute Gasteiger partial charge is 0.468 e. The Morgan fingerprint density at radius 3 is 2.10 bits per heavy atom. The van der Waals surface area contributed by atoms with Gasteiger partial charge in [-0.2, -0.15) is 0 Å². The van der Waals surface area contributed by atoms with E-state index < -0.39 is 29.5 Å². The van der Waals surface area contributed by atoms with E-state index in [0.29, 0.717) is 25.7 Å². The number of hydrogen-bond acceptors (Lipinski definition) is 6. The zero-order chi connectivity index (χ0) is 16.2. The fraction of sp³-hybridized carbons (Fsp3) is 0.867. The lowest BCUT2D eigenvalue weighted by Crippen LogP contribution is -2.49. The van der Waals surface area contributed by atoms with Crippen LogP contribution in [0.2, 0.25) is 0 Å². The number of nitrogens with two attached hydrogens (primary N) is 1. The predicted octanol–water partition coefficient (Wildman–Crippen LogP) is 0.996. The highest BCUT2D eigenvalue weighted by atomic mass is 16.6. The summed E-state index contributed by atoms with van der Waals surface area (Å²) in [4.78, 5) is 24.2. The third-order valence-corrected chi connectivity index (χ3v) is 3.79. The van der Waals surface area contributed by atoms with Gasteiger partial charge >= 0.3 is 11.9 Å². The summed E-state index contributed by atoms with van der Waals surface area (Å²) in [5.74, 6) is -1.89.